The van der Waals surface area contributed by atoms with Gasteiger partial charge in [0.15, 0.2) is 5.16 Å². The van der Waals surface area contributed by atoms with Gasteiger partial charge in [0.25, 0.3) is 0 Å². The van der Waals surface area contributed by atoms with E-state index in [9.17, 15) is 4.79 Å². The van der Waals surface area contributed by atoms with E-state index in [0.717, 1.165) is 35.3 Å². The van der Waals surface area contributed by atoms with Crippen LogP contribution in [-0.2, 0) is 9.53 Å². The van der Waals surface area contributed by atoms with Crippen molar-refractivity contribution in [2.24, 2.45) is 0 Å². The number of amides is 1. The molecule has 1 fully saturated rings. The third kappa shape index (κ3) is 4.52. The molecule has 1 saturated heterocycles. The standard InChI is InChI=1S/C23H26N4O2S/c1-17-6-5-9-20(18(17)2)27-11-10-24-23(27)30-16-22(28)25-19-7-3-4-8-21(19)26-12-14-29-15-13-26/h3-11H,12-16H2,1-2H3,(H,25,28). The Morgan fingerprint density at radius 3 is 2.70 bits per heavy atom. The van der Waals surface area contributed by atoms with Gasteiger partial charge < -0.3 is 15.0 Å². The van der Waals surface area contributed by atoms with Crippen LogP contribution in [0.25, 0.3) is 5.69 Å². The molecule has 2 aromatic carbocycles. The minimum absolute atomic E-state index is 0.0452. The molecule has 4 rings (SSSR count). The lowest BCUT2D eigenvalue weighted by Crippen LogP contribution is -2.36. The molecule has 3 aromatic rings. The molecular formula is C23H26N4O2S. The molecule has 6 nitrogen and oxygen atoms in total. The van der Waals surface area contributed by atoms with Crippen LogP contribution in [0.5, 0.6) is 0 Å². The molecule has 1 aromatic heterocycles. The Kier molecular flexibility index (Phi) is 6.40. The first-order chi connectivity index (χ1) is 14.6. The number of benzene rings is 2. The Hall–Kier alpha value is -2.77. The predicted molar refractivity (Wildman–Crippen MR) is 122 cm³/mol. The van der Waals surface area contributed by atoms with Crippen LogP contribution in [0.4, 0.5) is 11.4 Å². The molecule has 1 amide bonds. The second kappa shape index (κ2) is 9.36. The summed E-state index contributed by atoms with van der Waals surface area (Å²) in [5.74, 6) is 0.246. The molecule has 0 unspecified atom stereocenters. The zero-order chi connectivity index (χ0) is 20.9. The number of ether oxygens (including phenoxy) is 1. The lowest BCUT2D eigenvalue weighted by Gasteiger charge is -2.30. The van der Waals surface area contributed by atoms with Gasteiger partial charge in [0, 0.05) is 25.5 Å². The maximum atomic E-state index is 12.7. The fourth-order valence-corrected chi connectivity index (χ4v) is 4.32. The third-order valence-electron chi connectivity index (χ3n) is 5.30. The topological polar surface area (TPSA) is 59.4 Å². The normalized spacial score (nSPS) is 14.0. The summed E-state index contributed by atoms with van der Waals surface area (Å²) in [6.45, 7) is 7.28. The van der Waals surface area contributed by atoms with Gasteiger partial charge in [-0.2, -0.15) is 0 Å². The SMILES string of the molecule is Cc1cccc(-n2ccnc2SCC(=O)Nc2ccccc2N2CCOCC2)c1C. The average Bonchev–Trinajstić information content (AvgIpc) is 3.24. The van der Waals surface area contributed by atoms with Crippen molar-refractivity contribution in [2.45, 2.75) is 19.0 Å². The minimum Gasteiger partial charge on any atom is -0.378 e. The molecule has 0 spiro atoms. The Morgan fingerprint density at radius 1 is 1.10 bits per heavy atom. The average molecular weight is 423 g/mol. The number of carbonyl (C=O) groups is 1. The second-order valence-electron chi connectivity index (χ2n) is 7.25. The lowest BCUT2D eigenvalue weighted by molar-refractivity contribution is -0.113. The van der Waals surface area contributed by atoms with Crippen molar-refractivity contribution in [1.29, 1.82) is 0 Å². The van der Waals surface area contributed by atoms with Crippen LogP contribution in [0.1, 0.15) is 11.1 Å². The van der Waals surface area contributed by atoms with Crippen molar-refractivity contribution < 1.29 is 9.53 Å². The van der Waals surface area contributed by atoms with Crippen LogP contribution in [0, 0.1) is 13.8 Å². The highest BCUT2D eigenvalue weighted by molar-refractivity contribution is 7.99. The van der Waals surface area contributed by atoms with Gasteiger partial charge in [-0.3, -0.25) is 9.36 Å². The molecule has 156 valence electrons. The Bertz CT molecular complexity index is 1030. The molecule has 1 aliphatic heterocycles. The number of para-hydroxylation sites is 2. The van der Waals surface area contributed by atoms with Gasteiger partial charge in [0.2, 0.25) is 5.91 Å². The van der Waals surface area contributed by atoms with Crippen LogP contribution in [0.3, 0.4) is 0 Å². The molecule has 2 heterocycles. The number of nitrogens with zero attached hydrogens (tertiary/aromatic N) is 3. The highest BCUT2D eigenvalue weighted by Gasteiger charge is 2.16. The van der Waals surface area contributed by atoms with E-state index in [1.165, 1.54) is 22.9 Å². The van der Waals surface area contributed by atoms with E-state index >= 15 is 0 Å². The zero-order valence-electron chi connectivity index (χ0n) is 17.3. The van der Waals surface area contributed by atoms with E-state index in [0.29, 0.717) is 19.0 Å². The number of imidazole rings is 1. The summed E-state index contributed by atoms with van der Waals surface area (Å²) in [6, 6.07) is 14.2. The highest BCUT2D eigenvalue weighted by atomic mass is 32.2. The quantitative estimate of drug-likeness (QED) is 0.607. The number of nitrogens with one attached hydrogen (secondary N) is 1. The number of anilines is 2. The number of hydrogen-bond acceptors (Lipinski definition) is 5. The van der Waals surface area contributed by atoms with E-state index in [1.54, 1.807) is 6.20 Å². The van der Waals surface area contributed by atoms with Crippen molar-refractivity contribution >= 4 is 29.0 Å². The summed E-state index contributed by atoms with van der Waals surface area (Å²) in [5.41, 5.74) is 5.41. The lowest BCUT2D eigenvalue weighted by atomic mass is 10.1. The van der Waals surface area contributed by atoms with Gasteiger partial charge in [-0.05, 0) is 43.2 Å². The first-order valence-electron chi connectivity index (χ1n) is 10.1. The van der Waals surface area contributed by atoms with Gasteiger partial charge in [0.1, 0.15) is 0 Å². The molecule has 30 heavy (non-hydrogen) atoms. The summed E-state index contributed by atoms with van der Waals surface area (Å²) in [5, 5.41) is 3.88. The van der Waals surface area contributed by atoms with Crippen molar-refractivity contribution in [3.8, 4) is 5.69 Å². The number of thioether (sulfide) groups is 1. The summed E-state index contributed by atoms with van der Waals surface area (Å²) < 4.78 is 7.49. The Labute approximate surface area is 181 Å². The van der Waals surface area contributed by atoms with E-state index in [1.807, 2.05) is 41.1 Å². The van der Waals surface area contributed by atoms with Crippen LogP contribution in [0.2, 0.25) is 0 Å². The Morgan fingerprint density at radius 2 is 1.87 bits per heavy atom. The number of carbonyl (C=O) groups excluding carboxylic acids is 1. The maximum absolute atomic E-state index is 12.7. The maximum Gasteiger partial charge on any atom is 0.234 e. The Balaban J connectivity index is 1.44. The van der Waals surface area contributed by atoms with Crippen LogP contribution >= 0.6 is 11.8 Å². The molecule has 1 aliphatic rings. The zero-order valence-corrected chi connectivity index (χ0v) is 18.1. The van der Waals surface area contributed by atoms with Gasteiger partial charge in [-0.1, -0.05) is 36.0 Å². The van der Waals surface area contributed by atoms with E-state index < -0.39 is 0 Å². The smallest absolute Gasteiger partial charge is 0.234 e. The predicted octanol–water partition coefficient (Wildman–Crippen LogP) is 4.06. The molecule has 0 atom stereocenters. The molecule has 0 bridgehead atoms. The monoisotopic (exact) mass is 422 g/mol. The van der Waals surface area contributed by atoms with Gasteiger partial charge in [-0.25, -0.2) is 4.98 Å². The largest absolute Gasteiger partial charge is 0.378 e. The highest BCUT2D eigenvalue weighted by Crippen LogP contribution is 2.28. The van der Waals surface area contributed by atoms with Gasteiger partial charge in [0.05, 0.1) is 36.0 Å². The number of hydrogen-bond donors (Lipinski definition) is 1. The number of rotatable bonds is 6. The van der Waals surface area contributed by atoms with Crippen molar-refractivity contribution in [3.63, 3.8) is 0 Å². The molecule has 7 heteroatoms. The van der Waals surface area contributed by atoms with E-state index in [4.69, 9.17) is 4.74 Å². The summed E-state index contributed by atoms with van der Waals surface area (Å²) in [6.07, 6.45) is 3.71. The van der Waals surface area contributed by atoms with Crippen molar-refractivity contribution in [3.05, 3.63) is 66.0 Å². The van der Waals surface area contributed by atoms with Gasteiger partial charge >= 0.3 is 0 Å². The summed E-state index contributed by atoms with van der Waals surface area (Å²) in [4.78, 5) is 19.4. The summed E-state index contributed by atoms with van der Waals surface area (Å²) in [7, 11) is 0. The van der Waals surface area contributed by atoms with Crippen LogP contribution < -0.4 is 10.2 Å². The van der Waals surface area contributed by atoms with Crippen molar-refractivity contribution in [2.75, 3.05) is 42.3 Å². The fraction of sp³-hybridized carbons (Fsp3) is 0.304. The molecule has 0 saturated carbocycles. The molecule has 0 radical (unpaired) electrons. The van der Waals surface area contributed by atoms with Crippen LogP contribution in [0.15, 0.2) is 60.0 Å². The summed E-state index contributed by atoms with van der Waals surface area (Å²) >= 11 is 1.44. The first kappa shape index (κ1) is 20.5. The van der Waals surface area contributed by atoms with Crippen molar-refractivity contribution in [1.82, 2.24) is 9.55 Å². The molecule has 1 N–H and O–H groups in total. The fourth-order valence-electron chi connectivity index (χ4n) is 3.55. The number of aromatic nitrogens is 2. The van der Waals surface area contributed by atoms with Crippen LogP contribution in [-0.4, -0.2) is 47.5 Å². The molecule has 0 aliphatic carbocycles. The van der Waals surface area contributed by atoms with Gasteiger partial charge in [-0.15, -0.1) is 0 Å². The number of morpholine rings is 1. The molecular weight excluding hydrogens is 396 g/mol. The minimum atomic E-state index is -0.0452. The van der Waals surface area contributed by atoms with E-state index in [2.05, 4.69) is 41.2 Å². The van der Waals surface area contributed by atoms with E-state index in [-0.39, 0.29) is 5.91 Å². The third-order valence-corrected chi connectivity index (χ3v) is 6.27. The second-order valence-corrected chi connectivity index (χ2v) is 8.19. The number of aryl methyl sites for hydroxylation is 1. The first-order valence-corrected chi connectivity index (χ1v) is 11.1.